The van der Waals surface area contributed by atoms with Crippen molar-refractivity contribution in [1.82, 2.24) is 9.97 Å². The van der Waals surface area contributed by atoms with Crippen molar-refractivity contribution in [1.29, 1.82) is 10.5 Å². The molecule has 1 heterocycles. The maximum absolute atomic E-state index is 9.01. The Morgan fingerprint density at radius 3 is 2.40 bits per heavy atom. The number of rotatable bonds is 3. The first kappa shape index (κ1) is 13.3. The lowest BCUT2D eigenvalue weighted by molar-refractivity contribution is 1.12. The predicted octanol–water partition coefficient (Wildman–Crippen LogP) is 2.31. The van der Waals surface area contributed by atoms with Gasteiger partial charge in [0.2, 0.25) is 0 Å². The Hall–Kier alpha value is -3.12. The molecule has 0 amide bonds. The number of nitrogens with zero attached hydrogens (tertiary/aromatic N) is 4. The molecule has 0 spiro atoms. The zero-order valence-corrected chi connectivity index (χ0v) is 11.1. The molecule has 0 radical (unpaired) electrons. The van der Waals surface area contributed by atoms with E-state index in [1.54, 1.807) is 25.2 Å². The molecule has 0 atom stereocenters. The van der Waals surface area contributed by atoms with Gasteiger partial charge in [-0.15, -0.1) is 0 Å². The molecule has 0 aliphatic heterocycles. The predicted molar refractivity (Wildman–Crippen MR) is 75.5 cm³/mol. The van der Waals surface area contributed by atoms with Crippen LogP contribution in [-0.4, -0.2) is 17.0 Å². The Balaban J connectivity index is 2.37. The highest BCUT2D eigenvalue weighted by molar-refractivity contribution is 5.66. The molecule has 1 aromatic carbocycles. The summed E-state index contributed by atoms with van der Waals surface area (Å²) in [6.45, 7) is 1.89. The monoisotopic (exact) mass is 264 g/mol. The molecule has 0 aliphatic carbocycles. The van der Waals surface area contributed by atoms with Crippen LogP contribution in [0.15, 0.2) is 24.5 Å². The molecule has 0 saturated heterocycles. The quantitative estimate of drug-likeness (QED) is 0.882. The molecule has 0 aliphatic rings. The number of hydrogen-bond acceptors (Lipinski definition) is 6. The van der Waals surface area contributed by atoms with E-state index in [9.17, 15) is 0 Å². The van der Waals surface area contributed by atoms with Crippen LogP contribution in [0.25, 0.3) is 0 Å². The van der Waals surface area contributed by atoms with Crippen LogP contribution in [0.5, 0.6) is 0 Å². The normalized spacial score (nSPS) is 9.40. The number of benzene rings is 1. The maximum Gasteiger partial charge on any atom is 0.138 e. The lowest BCUT2D eigenvalue weighted by Crippen LogP contribution is -2.02. The van der Waals surface area contributed by atoms with Crippen molar-refractivity contribution in [3.63, 3.8) is 0 Å². The number of hydrogen-bond donors (Lipinski definition) is 2. The SMILES string of the molecule is CNc1ncnc(Nc2ccc(C#N)c(C#N)c2)c1C. The van der Waals surface area contributed by atoms with Gasteiger partial charge in [0, 0.05) is 18.3 Å². The van der Waals surface area contributed by atoms with E-state index in [0.29, 0.717) is 22.6 Å². The lowest BCUT2D eigenvalue weighted by Gasteiger charge is -2.11. The Labute approximate surface area is 116 Å². The summed E-state index contributed by atoms with van der Waals surface area (Å²) in [5, 5.41) is 24.0. The van der Waals surface area contributed by atoms with Crippen LogP contribution in [0, 0.1) is 29.6 Å². The van der Waals surface area contributed by atoms with E-state index in [0.717, 1.165) is 11.4 Å². The third-order valence-corrected chi connectivity index (χ3v) is 2.84. The Morgan fingerprint density at radius 2 is 1.75 bits per heavy atom. The van der Waals surface area contributed by atoms with Gasteiger partial charge in [0.25, 0.3) is 0 Å². The number of aromatic nitrogens is 2. The van der Waals surface area contributed by atoms with E-state index >= 15 is 0 Å². The summed E-state index contributed by atoms with van der Waals surface area (Å²) in [4.78, 5) is 8.27. The fraction of sp³-hybridized carbons (Fsp3) is 0.143. The zero-order valence-electron chi connectivity index (χ0n) is 11.1. The first-order valence-corrected chi connectivity index (χ1v) is 5.90. The second kappa shape index (κ2) is 5.68. The van der Waals surface area contributed by atoms with E-state index < -0.39 is 0 Å². The van der Waals surface area contributed by atoms with Crippen LogP contribution in [0.1, 0.15) is 16.7 Å². The molecule has 2 aromatic rings. The number of anilines is 3. The summed E-state index contributed by atoms with van der Waals surface area (Å²) in [5.41, 5.74) is 2.26. The van der Waals surface area contributed by atoms with Gasteiger partial charge < -0.3 is 10.6 Å². The van der Waals surface area contributed by atoms with Gasteiger partial charge in [0.1, 0.15) is 30.1 Å². The summed E-state index contributed by atoms with van der Waals surface area (Å²) in [6, 6.07) is 8.95. The van der Waals surface area contributed by atoms with Gasteiger partial charge in [0.05, 0.1) is 11.1 Å². The molecule has 2 rings (SSSR count). The molecule has 0 saturated carbocycles. The molecular formula is C14H12N6. The number of nitrogens with one attached hydrogen (secondary N) is 2. The molecular weight excluding hydrogens is 252 g/mol. The van der Waals surface area contributed by atoms with Crippen LogP contribution < -0.4 is 10.6 Å². The van der Waals surface area contributed by atoms with E-state index in [2.05, 4.69) is 20.6 Å². The summed E-state index contributed by atoms with van der Waals surface area (Å²) in [7, 11) is 1.79. The van der Waals surface area contributed by atoms with Crippen molar-refractivity contribution >= 4 is 17.3 Å². The molecule has 98 valence electrons. The zero-order chi connectivity index (χ0) is 14.5. The molecule has 6 nitrogen and oxygen atoms in total. The van der Waals surface area contributed by atoms with Crippen LogP contribution in [0.2, 0.25) is 0 Å². The van der Waals surface area contributed by atoms with Gasteiger partial charge in [-0.2, -0.15) is 10.5 Å². The highest BCUT2D eigenvalue weighted by atomic mass is 15.1. The standard InChI is InChI=1S/C14H12N6/c1-9-13(17-2)18-8-19-14(9)20-12-4-3-10(6-15)11(5-12)7-16/h3-5,8H,1-2H3,(H2,17,18,19,20). The first-order chi connectivity index (χ1) is 9.69. The van der Waals surface area contributed by atoms with Crippen LogP contribution in [0.3, 0.4) is 0 Å². The second-order valence-corrected chi connectivity index (χ2v) is 4.05. The summed E-state index contributed by atoms with van der Waals surface area (Å²) < 4.78 is 0. The second-order valence-electron chi connectivity index (χ2n) is 4.05. The Morgan fingerprint density at radius 1 is 1.05 bits per heavy atom. The average Bonchev–Trinajstić information content (AvgIpc) is 2.49. The third kappa shape index (κ3) is 2.50. The Kier molecular flexibility index (Phi) is 3.78. The summed E-state index contributed by atoms with van der Waals surface area (Å²) in [5.74, 6) is 1.38. The van der Waals surface area contributed by atoms with Crippen LogP contribution >= 0.6 is 0 Å². The van der Waals surface area contributed by atoms with Gasteiger partial charge in [-0.1, -0.05) is 0 Å². The highest BCUT2D eigenvalue weighted by Gasteiger charge is 2.08. The van der Waals surface area contributed by atoms with Gasteiger partial charge in [-0.25, -0.2) is 9.97 Å². The van der Waals surface area contributed by atoms with Crippen LogP contribution in [0.4, 0.5) is 17.3 Å². The lowest BCUT2D eigenvalue weighted by atomic mass is 10.1. The smallest absolute Gasteiger partial charge is 0.138 e. The fourth-order valence-corrected chi connectivity index (χ4v) is 1.78. The average molecular weight is 264 g/mol. The molecule has 6 heteroatoms. The van der Waals surface area contributed by atoms with Gasteiger partial charge in [-0.05, 0) is 25.1 Å². The topological polar surface area (TPSA) is 97.4 Å². The van der Waals surface area contributed by atoms with Crippen molar-refractivity contribution in [2.45, 2.75) is 6.92 Å². The molecule has 0 unspecified atom stereocenters. The minimum Gasteiger partial charge on any atom is -0.373 e. The van der Waals surface area contributed by atoms with E-state index in [1.807, 2.05) is 19.1 Å². The molecule has 0 bridgehead atoms. The van der Waals surface area contributed by atoms with E-state index in [1.165, 1.54) is 6.33 Å². The molecule has 2 N–H and O–H groups in total. The summed E-state index contributed by atoms with van der Waals surface area (Å²) >= 11 is 0. The molecule has 0 fully saturated rings. The highest BCUT2D eigenvalue weighted by Crippen LogP contribution is 2.23. The van der Waals surface area contributed by atoms with Crippen molar-refractivity contribution in [2.24, 2.45) is 0 Å². The van der Waals surface area contributed by atoms with Crippen molar-refractivity contribution < 1.29 is 0 Å². The van der Waals surface area contributed by atoms with Crippen molar-refractivity contribution in [3.8, 4) is 12.1 Å². The minimum absolute atomic E-state index is 0.332. The van der Waals surface area contributed by atoms with Gasteiger partial charge in [0.15, 0.2) is 0 Å². The van der Waals surface area contributed by atoms with E-state index in [4.69, 9.17) is 10.5 Å². The Bertz CT molecular complexity index is 723. The van der Waals surface area contributed by atoms with E-state index in [-0.39, 0.29) is 0 Å². The van der Waals surface area contributed by atoms with Crippen molar-refractivity contribution in [2.75, 3.05) is 17.7 Å². The molecule has 1 aromatic heterocycles. The minimum atomic E-state index is 0.332. The van der Waals surface area contributed by atoms with Gasteiger partial charge in [-0.3, -0.25) is 0 Å². The molecule has 20 heavy (non-hydrogen) atoms. The summed E-state index contributed by atoms with van der Waals surface area (Å²) in [6.07, 6.45) is 1.45. The number of nitriles is 2. The largest absolute Gasteiger partial charge is 0.373 e. The maximum atomic E-state index is 9.01. The van der Waals surface area contributed by atoms with Crippen molar-refractivity contribution in [3.05, 3.63) is 41.2 Å². The fourth-order valence-electron chi connectivity index (χ4n) is 1.78. The third-order valence-electron chi connectivity index (χ3n) is 2.84. The van der Waals surface area contributed by atoms with Crippen LogP contribution in [-0.2, 0) is 0 Å². The first-order valence-electron chi connectivity index (χ1n) is 5.90. The van der Waals surface area contributed by atoms with Gasteiger partial charge >= 0.3 is 0 Å².